The van der Waals surface area contributed by atoms with Crippen LogP contribution in [-0.2, 0) is 11.3 Å². The predicted octanol–water partition coefficient (Wildman–Crippen LogP) is 3.95. The molecule has 0 radical (unpaired) electrons. The summed E-state index contributed by atoms with van der Waals surface area (Å²) >= 11 is 0. The van der Waals surface area contributed by atoms with Crippen molar-refractivity contribution in [1.29, 1.82) is 0 Å². The maximum atomic E-state index is 11.9. The number of carbonyl (C=O) groups is 1. The molecule has 0 unspecified atom stereocenters. The van der Waals surface area contributed by atoms with Crippen LogP contribution in [0.5, 0.6) is 11.5 Å². The van der Waals surface area contributed by atoms with E-state index in [0.717, 1.165) is 24.1 Å². The van der Waals surface area contributed by atoms with E-state index in [1.807, 2.05) is 11.6 Å². The number of nitrogens with one attached hydrogen (secondary N) is 1. The SMILES string of the molecule is CCOC(=O)Oc1cnccc1Nc1nc(-c2nn(Cc3nnc(C)o3)c(C3CC3)c2C)ncc1OC. The summed E-state index contributed by atoms with van der Waals surface area (Å²) in [5.41, 5.74) is 3.18. The Bertz CT molecular complexity index is 1430. The van der Waals surface area contributed by atoms with Crippen LogP contribution >= 0.6 is 0 Å². The first-order valence-corrected chi connectivity index (χ1v) is 11.8. The monoisotopic (exact) mass is 506 g/mol. The summed E-state index contributed by atoms with van der Waals surface area (Å²) in [7, 11) is 1.52. The summed E-state index contributed by atoms with van der Waals surface area (Å²) in [6.45, 7) is 6.01. The Labute approximate surface area is 212 Å². The molecule has 4 aromatic heterocycles. The first-order chi connectivity index (χ1) is 18.0. The van der Waals surface area contributed by atoms with Crippen LogP contribution < -0.4 is 14.8 Å². The molecule has 37 heavy (non-hydrogen) atoms. The molecule has 1 aliphatic rings. The third-order valence-corrected chi connectivity index (χ3v) is 5.74. The highest BCUT2D eigenvalue weighted by Gasteiger charge is 2.32. The highest BCUT2D eigenvalue weighted by Crippen LogP contribution is 2.44. The Morgan fingerprint density at radius 3 is 2.76 bits per heavy atom. The lowest BCUT2D eigenvalue weighted by Crippen LogP contribution is -2.11. The van der Waals surface area contributed by atoms with Gasteiger partial charge in [0.15, 0.2) is 23.1 Å². The van der Waals surface area contributed by atoms with Crippen molar-refractivity contribution in [2.24, 2.45) is 0 Å². The maximum Gasteiger partial charge on any atom is 0.513 e. The molecule has 0 atom stereocenters. The topological polar surface area (TPSA) is 152 Å². The van der Waals surface area contributed by atoms with Gasteiger partial charge in [-0.2, -0.15) is 5.10 Å². The quantitative estimate of drug-likeness (QED) is 0.327. The van der Waals surface area contributed by atoms with Crippen LogP contribution in [0, 0.1) is 13.8 Å². The molecule has 0 saturated heterocycles. The molecule has 192 valence electrons. The second-order valence-corrected chi connectivity index (χ2v) is 8.40. The molecule has 1 fully saturated rings. The van der Waals surface area contributed by atoms with Crippen molar-refractivity contribution >= 4 is 17.7 Å². The normalized spacial score (nSPS) is 12.9. The molecule has 13 nitrogen and oxygen atoms in total. The lowest BCUT2D eigenvalue weighted by Gasteiger charge is -2.13. The second kappa shape index (κ2) is 10.2. The third kappa shape index (κ3) is 5.20. The average molecular weight is 507 g/mol. The Balaban J connectivity index is 1.49. The molecule has 0 bridgehead atoms. The van der Waals surface area contributed by atoms with Crippen LogP contribution in [-0.4, -0.2) is 54.8 Å². The molecule has 0 spiro atoms. The van der Waals surface area contributed by atoms with E-state index < -0.39 is 6.16 Å². The van der Waals surface area contributed by atoms with Crippen LogP contribution in [0.15, 0.2) is 29.1 Å². The first-order valence-electron chi connectivity index (χ1n) is 11.8. The van der Waals surface area contributed by atoms with E-state index in [-0.39, 0.29) is 12.4 Å². The fourth-order valence-corrected chi connectivity index (χ4v) is 3.95. The van der Waals surface area contributed by atoms with Crippen molar-refractivity contribution < 1.29 is 23.4 Å². The number of hydrogen-bond acceptors (Lipinski definition) is 12. The van der Waals surface area contributed by atoms with Crippen molar-refractivity contribution in [3.63, 3.8) is 0 Å². The number of rotatable bonds is 9. The lowest BCUT2D eigenvalue weighted by atomic mass is 10.1. The lowest BCUT2D eigenvalue weighted by molar-refractivity contribution is 0.104. The maximum absolute atomic E-state index is 11.9. The van der Waals surface area contributed by atoms with Gasteiger partial charge in [0.1, 0.15) is 12.2 Å². The first kappa shape index (κ1) is 24.2. The van der Waals surface area contributed by atoms with Crippen LogP contribution in [0.4, 0.5) is 16.3 Å². The molecular weight excluding hydrogens is 480 g/mol. The highest BCUT2D eigenvalue weighted by atomic mass is 16.7. The van der Waals surface area contributed by atoms with Gasteiger partial charge >= 0.3 is 6.16 Å². The summed E-state index contributed by atoms with van der Waals surface area (Å²) in [4.78, 5) is 25.1. The van der Waals surface area contributed by atoms with Crippen molar-refractivity contribution in [2.45, 2.75) is 46.1 Å². The van der Waals surface area contributed by atoms with E-state index in [2.05, 4.69) is 25.5 Å². The second-order valence-electron chi connectivity index (χ2n) is 8.40. The molecule has 1 N–H and O–H groups in total. The van der Waals surface area contributed by atoms with Crippen LogP contribution in [0.3, 0.4) is 0 Å². The number of anilines is 2. The van der Waals surface area contributed by atoms with Gasteiger partial charge in [-0.3, -0.25) is 9.67 Å². The van der Waals surface area contributed by atoms with E-state index in [0.29, 0.717) is 53.0 Å². The number of aromatic nitrogens is 7. The Hall–Kier alpha value is -4.55. The fraction of sp³-hybridized carbons (Fsp3) is 0.375. The molecule has 4 heterocycles. The van der Waals surface area contributed by atoms with Crippen molar-refractivity contribution in [3.8, 4) is 23.0 Å². The Kier molecular flexibility index (Phi) is 6.66. The van der Waals surface area contributed by atoms with Gasteiger partial charge in [0.25, 0.3) is 0 Å². The Morgan fingerprint density at radius 1 is 1.22 bits per heavy atom. The smallest absolute Gasteiger partial charge is 0.491 e. The fourth-order valence-electron chi connectivity index (χ4n) is 3.95. The average Bonchev–Trinajstić information content (AvgIpc) is 3.55. The number of methoxy groups -OCH3 is 1. The summed E-state index contributed by atoms with van der Waals surface area (Å²) in [5, 5.41) is 16.0. The molecule has 13 heteroatoms. The predicted molar refractivity (Wildman–Crippen MR) is 130 cm³/mol. The minimum Gasteiger partial charge on any atom is -0.491 e. The van der Waals surface area contributed by atoms with Crippen LogP contribution in [0.25, 0.3) is 11.5 Å². The van der Waals surface area contributed by atoms with Crippen LogP contribution in [0.1, 0.15) is 48.7 Å². The summed E-state index contributed by atoms with van der Waals surface area (Å²) in [6.07, 6.45) is 5.88. The van der Waals surface area contributed by atoms with Gasteiger partial charge in [0.05, 0.1) is 31.8 Å². The van der Waals surface area contributed by atoms with Gasteiger partial charge in [-0.1, -0.05) is 0 Å². The number of pyridine rings is 1. The molecule has 5 rings (SSSR count). The minimum atomic E-state index is -0.834. The van der Waals surface area contributed by atoms with Crippen LogP contribution in [0.2, 0.25) is 0 Å². The third-order valence-electron chi connectivity index (χ3n) is 5.74. The molecule has 4 aromatic rings. The van der Waals surface area contributed by atoms with Crippen molar-refractivity contribution in [1.82, 2.24) is 34.9 Å². The molecule has 1 aliphatic carbocycles. The molecule has 0 amide bonds. The summed E-state index contributed by atoms with van der Waals surface area (Å²) in [6, 6.07) is 1.65. The van der Waals surface area contributed by atoms with Gasteiger partial charge < -0.3 is 23.9 Å². The highest BCUT2D eigenvalue weighted by molar-refractivity contribution is 5.73. The Morgan fingerprint density at radius 2 is 2.05 bits per heavy atom. The zero-order valence-corrected chi connectivity index (χ0v) is 20.9. The summed E-state index contributed by atoms with van der Waals surface area (Å²) in [5.74, 6) is 2.74. The van der Waals surface area contributed by atoms with Gasteiger partial charge in [-0.15, -0.1) is 10.2 Å². The largest absolute Gasteiger partial charge is 0.513 e. The van der Waals surface area contributed by atoms with Gasteiger partial charge in [-0.25, -0.2) is 14.8 Å². The minimum absolute atomic E-state index is 0.175. The number of ether oxygens (including phenoxy) is 3. The number of hydrogen-bond donors (Lipinski definition) is 1. The number of nitrogens with zero attached hydrogens (tertiary/aromatic N) is 7. The van der Waals surface area contributed by atoms with Gasteiger partial charge in [-0.05, 0) is 32.8 Å². The van der Waals surface area contributed by atoms with Gasteiger partial charge in [0, 0.05) is 30.3 Å². The zero-order valence-electron chi connectivity index (χ0n) is 20.9. The summed E-state index contributed by atoms with van der Waals surface area (Å²) < 4.78 is 23.1. The van der Waals surface area contributed by atoms with E-state index >= 15 is 0 Å². The van der Waals surface area contributed by atoms with Gasteiger partial charge in [0.2, 0.25) is 11.8 Å². The van der Waals surface area contributed by atoms with Crippen molar-refractivity contribution in [2.75, 3.05) is 19.0 Å². The van der Waals surface area contributed by atoms with E-state index in [1.165, 1.54) is 13.3 Å². The van der Waals surface area contributed by atoms with E-state index in [1.54, 1.807) is 32.3 Å². The molecular formula is C24H26N8O5. The molecule has 1 saturated carbocycles. The standard InChI is InChI=1S/C24H26N8O5/c1-5-35-24(33)37-17-10-25-9-8-16(17)27-22-18(34-4)11-26-23(28-22)20-13(2)21(15-6-7-15)32(31-20)12-19-30-29-14(3)36-19/h8-11,15H,5-7,12H2,1-4H3,(H,25,26,27,28). The zero-order chi connectivity index (χ0) is 25.9. The van der Waals surface area contributed by atoms with Crippen molar-refractivity contribution in [3.05, 3.63) is 47.7 Å². The molecule has 0 aliphatic heterocycles. The number of carbonyl (C=O) groups excluding carboxylic acids is 1. The van der Waals surface area contributed by atoms with E-state index in [4.69, 9.17) is 28.7 Å². The molecule has 0 aromatic carbocycles. The van der Waals surface area contributed by atoms with E-state index in [9.17, 15) is 4.79 Å². The number of aryl methyl sites for hydroxylation is 1.